The molecule has 2 rings (SSSR count). The van der Waals surface area contributed by atoms with Gasteiger partial charge in [-0.2, -0.15) is 0 Å². The lowest BCUT2D eigenvalue weighted by molar-refractivity contribution is 0.540. The molecule has 106 valence electrons. The molecule has 0 fully saturated rings. The van der Waals surface area contributed by atoms with E-state index in [4.69, 9.17) is 17.3 Å². The highest BCUT2D eigenvalue weighted by Crippen LogP contribution is 2.28. The Hall–Kier alpha value is -1.26. The van der Waals surface area contributed by atoms with E-state index in [1.807, 2.05) is 24.3 Å². The minimum atomic E-state index is -0.116. The van der Waals surface area contributed by atoms with Crippen LogP contribution >= 0.6 is 23.4 Å². The van der Waals surface area contributed by atoms with Crippen LogP contribution < -0.4 is 5.73 Å². The zero-order valence-electron chi connectivity index (χ0n) is 11.9. The number of nitrogens with zero attached hydrogens (tertiary/aromatic N) is 2. The maximum atomic E-state index is 6.15. The fourth-order valence-electron chi connectivity index (χ4n) is 1.62. The Kier molecular flexibility index (Phi) is 4.55. The Balaban J connectivity index is 2.18. The number of nitrogens with two attached hydrogens (primary N) is 1. The summed E-state index contributed by atoms with van der Waals surface area (Å²) in [6.07, 6.45) is 0. The number of hydrogen-bond donors (Lipinski definition) is 1. The summed E-state index contributed by atoms with van der Waals surface area (Å²) in [6, 6.07) is 9.63. The molecule has 1 heterocycles. The van der Waals surface area contributed by atoms with Crippen LogP contribution in [0.3, 0.4) is 0 Å². The molecule has 1 aromatic heterocycles. The third kappa shape index (κ3) is 3.87. The quantitative estimate of drug-likeness (QED) is 0.678. The van der Waals surface area contributed by atoms with E-state index in [0.717, 1.165) is 27.2 Å². The minimum Gasteiger partial charge on any atom is -0.384 e. The summed E-state index contributed by atoms with van der Waals surface area (Å²) < 4.78 is 0. The molecular weight excluding hydrogens is 290 g/mol. The lowest BCUT2D eigenvalue weighted by Crippen LogP contribution is -2.17. The van der Waals surface area contributed by atoms with Crippen LogP contribution in [0.4, 0.5) is 5.82 Å². The number of benzene rings is 1. The molecule has 1 aromatic carbocycles. The summed E-state index contributed by atoms with van der Waals surface area (Å²) >= 11 is 7.77. The number of halogens is 1. The molecule has 2 aromatic rings. The van der Waals surface area contributed by atoms with Crippen molar-refractivity contribution in [2.45, 2.75) is 37.0 Å². The zero-order chi connectivity index (χ0) is 14.8. The van der Waals surface area contributed by atoms with Gasteiger partial charge in [-0.1, -0.05) is 50.6 Å². The molecule has 20 heavy (non-hydrogen) atoms. The maximum Gasteiger partial charge on any atom is 0.137 e. The summed E-state index contributed by atoms with van der Waals surface area (Å²) in [5, 5.41) is 1.65. The summed E-state index contributed by atoms with van der Waals surface area (Å²) in [5.74, 6) is 2.03. The second kappa shape index (κ2) is 6.02. The van der Waals surface area contributed by atoms with E-state index in [0.29, 0.717) is 5.82 Å². The van der Waals surface area contributed by atoms with E-state index in [9.17, 15) is 0 Å². The Morgan fingerprint density at radius 3 is 2.55 bits per heavy atom. The summed E-state index contributed by atoms with van der Waals surface area (Å²) in [5.41, 5.74) is 6.84. The van der Waals surface area contributed by atoms with Gasteiger partial charge in [-0.3, -0.25) is 0 Å². The molecule has 3 nitrogen and oxygen atoms in total. The number of thioether (sulfide) groups is 1. The fraction of sp³-hybridized carbons (Fsp3) is 0.333. The van der Waals surface area contributed by atoms with Crippen molar-refractivity contribution in [3.05, 3.63) is 46.7 Å². The highest BCUT2D eigenvalue weighted by atomic mass is 35.5. The van der Waals surface area contributed by atoms with Crippen molar-refractivity contribution in [1.29, 1.82) is 0 Å². The van der Waals surface area contributed by atoms with Gasteiger partial charge in [0.25, 0.3) is 0 Å². The van der Waals surface area contributed by atoms with Crippen molar-refractivity contribution >= 4 is 29.2 Å². The third-order valence-electron chi connectivity index (χ3n) is 2.73. The Bertz CT molecular complexity index is 608. The van der Waals surface area contributed by atoms with Gasteiger partial charge in [0.2, 0.25) is 0 Å². The zero-order valence-corrected chi connectivity index (χ0v) is 13.4. The molecular formula is C15H18ClN3S. The lowest BCUT2D eigenvalue weighted by Gasteiger charge is -2.17. The monoisotopic (exact) mass is 307 g/mol. The first kappa shape index (κ1) is 15.1. The van der Waals surface area contributed by atoms with Crippen molar-refractivity contribution < 1.29 is 0 Å². The van der Waals surface area contributed by atoms with Gasteiger partial charge in [0.15, 0.2) is 0 Å². The van der Waals surface area contributed by atoms with Crippen molar-refractivity contribution in [3.63, 3.8) is 0 Å². The van der Waals surface area contributed by atoms with Gasteiger partial charge in [0.05, 0.1) is 0 Å². The molecule has 0 aliphatic carbocycles. The van der Waals surface area contributed by atoms with Crippen LogP contribution in [-0.4, -0.2) is 9.97 Å². The predicted molar refractivity (Wildman–Crippen MR) is 86.2 cm³/mol. The van der Waals surface area contributed by atoms with Crippen LogP contribution in [0, 0.1) is 0 Å². The number of hydrogen-bond acceptors (Lipinski definition) is 4. The topological polar surface area (TPSA) is 51.8 Å². The highest BCUT2D eigenvalue weighted by Gasteiger charge is 2.18. The molecule has 0 aliphatic heterocycles. The van der Waals surface area contributed by atoms with Crippen LogP contribution in [0.15, 0.2) is 35.4 Å². The molecule has 0 saturated carbocycles. The second-order valence-corrected chi connectivity index (χ2v) is 6.99. The smallest absolute Gasteiger partial charge is 0.137 e. The van der Waals surface area contributed by atoms with Crippen molar-refractivity contribution in [2.75, 3.05) is 5.73 Å². The summed E-state index contributed by atoms with van der Waals surface area (Å²) in [7, 11) is 0. The molecule has 5 heteroatoms. The van der Waals surface area contributed by atoms with E-state index in [1.165, 1.54) is 0 Å². The Morgan fingerprint density at radius 2 is 1.90 bits per heavy atom. The van der Waals surface area contributed by atoms with Crippen LogP contribution in [0.5, 0.6) is 0 Å². The van der Waals surface area contributed by atoms with Gasteiger partial charge >= 0.3 is 0 Å². The molecule has 0 atom stereocenters. The van der Waals surface area contributed by atoms with Crippen LogP contribution in [-0.2, 0) is 11.2 Å². The molecule has 0 saturated heterocycles. The second-order valence-electron chi connectivity index (χ2n) is 5.58. The van der Waals surface area contributed by atoms with Gasteiger partial charge < -0.3 is 5.73 Å². The molecule has 0 bridgehead atoms. The minimum absolute atomic E-state index is 0.116. The Morgan fingerprint density at radius 1 is 1.20 bits per heavy atom. The predicted octanol–water partition coefficient (Wildman–Crippen LogP) is 4.30. The molecule has 2 N–H and O–H groups in total. The van der Waals surface area contributed by atoms with E-state index < -0.39 is 0 Å². The highest BCUT2D eigenvalue weighted by molar-refractivity contribution is 7.98. The first-order valence-corrected chi connectivity index (χ1v) is 7.74. The summed E-state index contributed by atoms with van der Waals surface area (Å²) in [4.78, 5) is 8.88. The molecule has 0 spiro atoms. The van der Waals surface area contributed by atoms with Crippen LogP contribution in [0.25, 0.3) is 0 Å². The molecule has 0 aliphatic rings. The van der Waals surface area contributed by atoms with Gasteiger partial charge in [-0.25, -0.2) is 9.97 Å². The van der Waals surface area contributed by atoms with Gasteiger partial charge in [0, 0.05) is 22.3 Å². The number of rotatable bonds is 3. The number of aromatic nitrogens is 2. The van der Waals surface area contributed by atoms with Gasteiger partial charge in [-0.05, 0) is 11.6 Å². The number of nitrogen functional groups attached to an aromatic ring is 1. The normalized spacial score (nSPS) is 11.6. The largest absolute Gasteiger partial charge is 0.384 e. The average Bonchev–Trinajstić information content (AvgIpc) is 2.36. The SMILES string of the molecule is CC(C)(C)c1nc(N)cc(SCc2ccccc2Cl)n1. The summed E-state index contributed by atoms with van der Waals surface area (Å²) in [6.45, 7) is 6.22. The maximum absolute atomic E-state index is 6.15. The van der Waals surface area contributed by atoms with Crippen molar-refractivity contribution in [1.82, 2.24) is 9.97 Å². The number of anilines is 1. The van der Waals surface area contributed by atoms with E-state index in [2.05, 4.69) is 30.7 Å². The third-order valence-corrected chi connectivity index (χ3v) is 4.06. The standard InChI is InChI=1S/C15H18ClN3S/c1-15(2,3)14-18-12(17)8-13(19-14)20-9-10-6-4-5-7-11(10)16/h4-8H,9H2,1-3H3,(H2,17,18,19). The molecule has 0 amide bonds. The van der Waals surface area contributed by atoms with Crippen LogP contribution in [0.1, 0.15) is 32.2 Å². The van der Waals surface area contributed by atoms with Gasteiger partial charge in [0.1, 0.15) is 16.7 Å². The van der Waals surface area contributed by atoms with E-state index >= 15 is 0 Å². The van der Waals surface area contributed by atoms with Gasteiger partial charge in [-0.15, -0.1) is 11.8 Å². The van der Waals surface area contributed by atoms with E-state index in [1.54, 1.807) is 17.8 Å². The van der Waals surface area contributed by atoms with Crippen molar-refractivity contribution in [3.8, 4) is 0 Å². The molecule has 0 unspecified atom stereocenters. The van der Waals surface area contributed by atoms with Crippen LogP contribution in [0.2, 0.25) is 5.02 Å². The molecule has 0 radical (unpaired) electrons. The fourth-order valence-corrected chi connectivity index (χ4v) is 2.81. The lowest BCUT2D eigenvalue weighted by atomic mass is 9.96. The average molecular weight is 308 g/mol. The first-order valence-electron chi connectivity index (χ1n) is 6.37. The van der Waals surface area contributed by atoms with Crippen molar-refractivity contribution in [2.24, 2.45) is 0 Å². The Labute approximate surface area is 129 Å². The first-order chi connectivity index (χ1) is 9.36. The van der Waals surface area contributed by atoms with E-state index in [-0.39, 0.29) is 5.41 Å².